The molecule has 1 rings (SSSR count). The van der Waals surface area contributed by atoms with E-state index in [4.69, 9.17) is 0 Å². The second-order valence-corrected chi connectivity index (χ2v) is 4.02. The molecule has 0 spiro atoms. The van der Waals surface area contributed by atoms with Gasteiger partial charge in [-0.15, -0.1) is 0 Å². The molecule has 74 valence electrons. The van der Waals surface area contributed by atoms with Crippen molar-refractivity contribution in [1.29, 1.82) is 0 Å². The maximum absolute atomic E-state index is 4.12. The Morgan fingerprint density at radius 3 is 2.29 bits per heavy atom. The Labute approximate surface area is 86.3 Å². The van der Waals surface area contributed by atoms with E-state index in [2.05, 4.69) is 46.1 Å². The predicted molar refractivity (Wildman–Crippen MR) is 64.7 cm³/mol. The Balaban J connectivity index is 3.70. The fraction of sp³-hybridized carbons (Fsp3) is 0.286. The first kappa shape index (κ1) is 10.8. The van der Waals surface area contributed by atoms with Gasteiger partial charge in [-0.25, -0.2) is 0 Å². The summed E-state index contributed by atoms with van der Waals surface area (Å²) in [4.78, 5) is 0. The van der Waals surface area contributed by atoms with Crippen LogP contribution in [0.1, 0.15) is 23.6 Å². The summed E-state index contributed by atoms with van der Waals surface area (Å²) in [5.74, 6) is 0. The fourth-order valence-electron chi connectivity index (χ4n) is 1.64. The highest BCUT2D eigenvalue weighted by Crippen LogP contribution is 2.01. The van der Waals surface area contributed by atoms with Gasteiger partial charge < -0.3 is 0 Å². The van der Waals surface area contributed by atoms with E-state index in [1.54, 1.807) is 0 Å². The van der Waals surface area contributed by atoms with Gasteiger partial charge in [0, 0.05) is 0 Å². The summed E-state index contributed by atoms with van der Waals surface area (Å²) in [7, 11) is 0. The van der Waals surface area contributed by atoms with Crippen LogP contribution in [0.15, 0.2) is 18.2 Å². The van der Waals surface area contributed by atoms with Crippen LogP contribution in [0, 0.1) is 20.8 Å². The summed E-state index contributed by atoms with van der Waals surface area (Å²) in [6, 6.07) is 2.21. The Kier molecular flexibility index (Phi) is 2.95. The fourth-order valence-corrected chi connectivity index (χ4v) is 1.64. The third kappa shape index (κ3) is 1.95. The molecule has 0 bridgehead atoms. The Bertz CT molecular complexity index is 476. The lowest BCUT2D eigenvalue weighted by Gasteiger charge is -2.04. The zero-order valence-corrected chi connectivity index (χ0v) is 9.57. The first-order valence-corrected chi connectivity index (χ1v) is 4.86. The topological polar surface area (TPSA) is 0 Å². The number of hydrogen-bond acceptors (Lipinski definition) is 0. The van der Waals surface area contributed by atoms with Crippen molar-refractivity contribution in [2.45, 2.75) is 27.7 Å². The quantitative estimate of drug-likeness (QED) is 0.631. The van der Waals surface area contributed by atoms with Crippen LogP contribution >= 0.6 is 0 Å². The third-order valence-corrected chi connectivity index (χ3v) is 2.62. The number of benzene rings is 1. The molecule has 0 aromatic heterocycles. The molecule has 14 heavy (non-hydrogen) atoms. The SMILES string of the molecule is C=C(C)/C=c1/c(C)cc(C)c(C)c1=C. The maximum atomic E-state index is 4.12. The molecule has 0 fully saturated rings. The number of hydrogen-bond donors (Lipinski definition) is 0. The lowest BCUT2D eigenvalue weighted by atomic mass is 10.0. The average molecular weight is 186 g/mol. The average Bonchev–Trinajstić information content (AvgIpc) is 2.09. The number of rotatable bonds is 1. The third-order valence-electron chi connectivity index (χ3n) is 2.62. The molecule has 1 aromatic carbocycles. The van der Waals surface area contributed by atoms with Gasteiger partial charge in [0.2, 0.25) is 0 Å². The molecule has 0 amide bonds. The molecule has 0 heterocycles. The molecular formula is C14H18. The second-order valence-electron chi connectivity index (χ2n) is 4.02. The molecule has 0 aliphatic heterocycles. The van der Waals surface area contributed by atoms with Gasteiger partial charge in [-0.3, -0.25) is 0 Å². The molecule has 0 heteroatoms. The first-order chi connectivity index (χ1) is 6.43. The number of allylic oxidation sites excluding steroid dienone is 1. The molecule has 0 saturated heterocycles. The maximum Gasteiger partial charge on any atom is -0.0155 e. The van der Waals surface area contributed by atoms with Crippen LogP contribution in [0.3, 0.4) is 0 Å². The molecule has 0 unspecified atom stereocenters. The highest BCUT2D eigenvalue weighted by molar-refractivity contribution is 5.48. The Morgan fingerprint density at radius 2 is 1.79 bits per heavy atom. The molecule has 0 radical (unpaired) electrons. The van der Waals surface area contributed by atoms with Crippen molar-refractivity contribution in [2.24, 2.45) is 0 Å². The van der Waals surface area contributed by atoms with Crippen LogP contribution in [0.25, 0.3) is 12.7 Å². The van der Waals surface area contributed by atoms with Gasteiger partial charge in [-0.2, -0.15) is 0 Å². The molecule has 0 atom stereocenters. The molecule has 0 aliphatic carbocycles. The van der Waals surface area contributed by atoms with E-state index in [0.29, 0.717) is 0 Å². The molecule has 0 nitrogen and oxygen atoms in total. The van der Waals surface area contributed by atoms with Gasteiger partial charge >= 0.3 is 0 Å². The largest absolute Gasteiger partial charge is 0.0961 e. The van der Waals surface area contributed by atoms with E-state index in [1.807, 2.05) is 6.92 Å². The smallest absolute Gasteiger partial charge is 0.0155 e. The number of aryl methyl sites for hydroxylation is 2. The van der Waals surface area contributed by atoms with Crippen molar-refractivity contribution in [3.63, 3.8) is 0 Å². The van der Waals surface area contributed by atoms with E-state index in [0.717, 1.165) is 10.8 Å². The highest BCUT2D eigenvalue weighted by atomic mass is 14.0. The van der Waals surface area contributed by atoms with Crippen molar-refractivity contribution < 1.29 is 0 Å². The molecule has 0 saturated carbocycles. The summed E-state index contributed by atoms with van der Waals surface area (Å²) >= 11 is 0. The zero-order valence-electron chi connectivity index (χ0n) is 9.57. The van der Waals surface area contributed by atoms with Gasteiger partial charge in [-0.1, -0.05) is 30.9 Å². The van der Waals surface area contributed by atoms with Crippen LogP contribution < -0.4 is 10.4 Å². The molecular weight excluding hydrogens is 168 g/mol. The Hall–Kier alpha value is -1.30. The highest BCUT2D eigenvalue weighted by Gasteiger charge is 1.98. The van der Waals surface area contributed by atoms with Gasteiger partial charge in [-0.05, 0) is 54.8 Å². The van der Waals surface area contributed by atoms with Crippen molar-refractivity contribution in [3.8, 4) is 0 Å². The second kappa shape index (κ2) is 3.83. The molecule has 0 N–H and O–H groups in total. The van der Waals surface area contributed by atoms with Crippen LogP contribution in [-0.2, 0) is 0 Å². The lowest BCUT2D eigenvalue weighted by Crippen LogP contribution is -2.29. The summed E-state index contributed by atoms with van der Waals surface area (Å²) in [5, 5.41) is 2.35. The predicted octanol–water partition coefficient (Wildman–Crippen LogP) is 2.38. The van der Waals surface area contributed by atoms with Crippen molar-refractivity contribution in [3.05, 3.63) is 45.3 Å². The summed E-state index contributed by atoms with van der Waals surface area (Å²) in [6.07, 6.45) is 2.10. The Morgan fingerprint density at radius 1 is 1.21 bits per heavy atom. The lowest BCUT2D eigenvalue weighted by molar-refractivity contribution is 1.23. The summed E-state index contributed by atoms with van der Waals surface area (Å²) in [5.41, 5.74) is 4.94. The van der Waals surface area contributed by atoms with E-state index in [9.17, 15) is 0 Å². The van der Waals surface area contributed by atoms with Crippen molar-refractivity contribution >= 4 is 12.7 Å². The van der Waals surface area contributed by atoms with Gasteiger partial charge in [0.15, 0.2) is 0 Å². The van der Waals surface area contributed by atoms with Crippen LogP contribution in [0.2, 0.25) is 0 Å². The first-order valence-electron chi connectivity index (χ1n) is 4.86. The standard InChI is InChI=1S/C14H18/c1-9(2)7-14-11(4)8-10(3)12(5)13(14)6/h7-8H,1,6H2,2-5H3/b14-7-. The van der Waals surface area contributed by atoms with Crippen LogP contribution in [0.4, 0.5) is 0 Å². The summed E-state index contributed by atoms with van der Waals surface area (Å²) < 4.78 is 0. The van der Waals surface area contributed by atoms with Crippen molar-refractivity contribution in [2.75, 3.05) is 0 Å². The minimum atomic E-state index is 1.07. The van der Waals surface area contributed by atoms with Crippen LogP contribution in [-0.4, -0.2) is 0 Å². The van der Waals surface area contributed by atoms with Crippen LogP contribution in [0.5, 0.6) is 0 Å². The van der Waals surface area contributed by atoms with E-state index in [-0.39, 0.29) is 0 Å². The monoisotopic (exact) mass is 186 g/mol. The normalized spacial score (nSPS) is 11.9. The molecule has 0 aliphatic rings. The van der Waals surface area contributed by atoms with Crippen molar-refractivity contribution in [1.82, 2.24) is 0 Å². The van der Waals surface area contributed by atoms with E-state index >= 15 is 0 Å². The van der Waals surface area contributed by atoms with Gasteiger partial charge in [0.05, 0.1) is 0 Å². The minimum Gasteiger partial charge on any atom is -0.0961 e. The van der Waals surface area contributed by atoms with Gasteiger partial charge in [0.25, 0.3) is 0 Å². The zero-order chi connectivity index (χ0) is 10.9. The summed E-state index contributed by atoms with van der Waals surface area (Å²) in [6.45, 7) is 16.4. The molecule has 1 aromatic rings. The van der Waals surface area contributed by atoms with E-state index < -0.39 is 0 Å². The minimum absolute atomic E-state index is 1.07. The van der Waals surface area contributed by atoms with Gasteiger partial charge in [0.1, 0.15) is 0 Å². The van der Waals surface area contributed by atoms with E-state index in [1.165, 1.54) is 21.9 Å².